The molecule has 1 atom stereocenters. The Labute approximate surface area is 78.0 Å². The highest BCUT2D eigenvalue weighted by Gasteiger charge is 2.28. The number of carbonyl (C=O) groups is 1. The molecule has 1 saturated heterocycles. The first-order valence-electron chi connectivity index (χ1n) is 4.04. The van der Waals surface area contributed by atoms with Gasteiger partial charge in [0.2, 0.25) is 5.91 Å². The highest BCUT2D eigenvalue weighted by Crippen LogP contribution is 2.26. The zero-order valence-electron chi connectivity index (χ0n) is 6.82. The maximum absolute atomic E-state index is 11.2. The summed E-state index contributed by atoms with van der Waals surface area (Å²) in [6.07, 6.45) is 4.51. The van der Waals surface area contributed by atoms with Gasteiger partial charge in [0.15, 0.2) is 0 Å². The molecule has 0 bridgehead atoms. The lowest BCUT2D eigenvalue weighted by molar-refractivity contribution is -0.126. The van der Waals surface area contributed by atoms with Crippen molar-refractivity contribution < 1.29 is 4.79 Å². The lowest BCUT2D eigenvalue weighted by Crippen LogP contribution is -2.34. The summed E-state index contributed by atoms with van der Waals surface area (Å²) in [5.74, 6) is 0.267. The van der Waals surface area contributed by atoms with E-state index in [0.29, 0.717) is 6.42 Å². The van der Waals surface area contributed by atoms with Gasteiger partial charge in [0.25, 0.3) is 0 Å². The monoisotopic (exact) mass is 188 g/mol. The summed E-state index contributed by atoms with van der Waals surface area (Å²) < 4.78 is 0. The van der Waals surface area contributed by atoms with E-state index in [2.05, 4.69) is 0 Å². The molecule has 1 unspecified atom stereocenters. The average Bonchev–Trinajstić information content (AvgIpc) is 2.32. The standard InChI is InChI=1S/C8H12N2O.ClH/c9-6-3-4-10-7(5-6)1-2-8(10)11;/h5-6H,1-4,9H2;1H. The van der Waals surface area contributed by atoms with Gasteiger partial charge < -0.3 is 10.6 Å². The van der Waals surface area contributed by atoms with Crippen LogP contribution in [0.3, 0.4) is 0 Å². The van der Waals surface area contributed by atoms with Crippen molar-refractivity contribution in [3.8, 4) is 0 Å². The fraction of sp³-hybridized carbons (Fsp3) is 0.625. The van der Waals surface area contributed by atoms with Gasteiger partial charge in [-0.15, -0.1) is 12.4 Å². The third-order valence-corrected chi connectivity index (χ3v) is 2.34. The number of rotatable bonds is 0. The lowest BCUT2D eigenvalue weighted by Gasteiger charge is -2.25. The number of hydrogen-bond acceptors (Lipinski definition) is 2. The quantitative estimate of drug-likeness (QED) is 0.607. The van der Waals surface area contributed by atoms with E-state index in [1.54, 1.807) is 0 Å². The Bertz CT molecular complexity index is 227. The van der Waals surface area contributed by atoms with E-state index in [-0.39, 0.29) is 24.4 Å². The fourth-order valence-corrected chi connectivity index (χ4v) is 1.72. The smallest absolute Gasteiger partial charge is 0.227 e. The van der Waals surface area contributed by atoms with Crippen molar-refractivity contribution in [3.05, 3.63) is 11.8 Å². The van der Waals surface area contributed by atoms with Gasteiger partial charge in [-0.2, -0.15) is 0 Å². The van der Waals surface area contributed by atoms with Gasteiger partial charge in [-0.3, -0.25) is 4.79 Å². The van der Waals surface area contributed by atoms with Crippen molar-refractivity contribution in [2.45, 2.75) is 25.3 Å². The molecule has 2 aliphatic rings. The third kappa shape index (κ3) is 1.47. The van der Waals surface area contributed by atoms with Crippen molar-refractivity contribution in [2.24, 2.45) is 5.73 Å². The minimum atomic E-state index is 0. The number of hydrogen-bond donors (Lipinski definition) is 1. The molecule has 0 radical (unpaired) electrons. The van der Waals surface area contributed by atoms with Crippen LogP contribution in [0.1, 0.15) is 19.3 Å². The fourth-order valence-electron chi connectivity index (χ4n) is 1.72. The SMILES string of the molecule is Cl.NC1C=C2CCC(=O)N2CC1. The molecular weight excluding hydrogens is 176 g/mol. The number of nitrogens with two attached hydrogens (primary N) is 1. The van der Waals surface area contributed by atoms with Gasteiger partial charge in [0, 0.05) is 24.7 Å². The topological polar surface area (TPSA) is 46.3 Å². The van der Waals surface area contributed by atoms with E-state index in [0.717, 1.165) is 25.1 Å². The molecule has 68 valence electrons. The normalized spacial score (nSPS) is 27.8. The molecule has 4 heteroatoms. The Morgan fingerprint density at radius 3 is 3.00 bits per heavy atom. The summed E-state index contributed by atoms with van der Waals surface area (Å²) in [6.45, 7) is 0.825. The molecule has 0 aromatic heterocycles. The van der Waals surface area contributed by atoms with Crippen LogP contribution in [0.5, 0.6) is 0 Å². The zero-order valence-corrected chi connectivity index (χ0v) is 7.64. The molecule has 3 nitrogen and oxygen atoms in total. The second-order valence-electron chi connectivity index (χ2n) is 3.16. The number of allylic oxidation sites excluding steroid dienone is 1. The molecule has 2 rings (SSSR count). The van der Waals surface area contributed by atoms with Crippen LogP contribution in [0.15, 0.2) is 11.8 Å². The predicted octanol–water partition coefficient (Wildman–Crippen LogP) is 0.645. The van der Waals surface area contributed by atoms with Crippen molar-refractivity contribution in [3.63, 3.8) is 0 Å². The average molecular weight is 189 g/mol. The van der Waals surface area contributed by atoms with Gasteiger partial charge in [0.1, 0.15) is 0 Å². The van der Waals surface area contributed by atoms with Crippen LogP contribution in [0, 0.1) is 0 Å². The number of halogens is 1. The summed E-state index contributed by atoms with van der Waals surface area (Å²) in [6, 6.07) is 0.173. The van der Waals surface area contributed by atoms with E-state index in [1.165, 1.54) is 0 Å². The molecule has 2 aliphatic heterocycles. The first-order chi connectivity index (χ1) is 5.27. The molecule has 12 heavy (non-hydrogen) atoms. The summed E-state index contributed by atoms with van der Waals surface area (Å²) in [4.78, 5) is 13.0. The molecule has 1 fully saturated rings. The summed E-state index contributed by atoms with van der Waals surface area (Å²) >= 11 is 0. The highest BCUT2D eigenvalue weighted by molar-refractivity contribution is 5.85. The van der Waals surface area contributed by atoms with E-state index >= 15 is 0 Å². The molecule has 1 amide bonds. The van der Waals surface area contributed by atoms with E-state index in [9.17, 15) is 4.79 Å². The molecular formula is C8H13ClN2O. The Morgan fingerprint density at radius 1 is 1.50 bits per heavy atom. The molecule has 0 aromatic rings. The molecule has 0 spiro atoms. The number of nitrogens with zero attached hydrogens (tertiary/aromatic N) is 1. The van der Waals surface area contributed by atoms with Crippen LogP contribution in [-0.2, 0) is 4.79 Å². The number of fused-ring (bicyclic) bond motifs is 1. The van der Waals surface area contributed by atoms with Gasteiger partial charge in [0.05, 0.1) is 0 Å². The van der Waals surface area contributed by atoms with E-state index in [4.69, 9.17) is 5.73 Å². The van der Waals surface area contributed by atoms with Crippen LogP contribution in [0.2, 0.25) is 0 Å². The van der Waals surface area contributed by atoms with E-state index in [1.807, 2.05) is 11.0 Å². The van der Waals surface area contributed by atoms with Crippen LogP contribution >= 0.6 is 12.4 Å². The molecule has 0 aromatic carbocycles. The van der Waals surface area contributed by atoms with Crippen molar-refractivity contribution in [2.75, 3.05) is 6.54 Å². The summed E-state index contributed by atoms with van der Waals surface area (Å²) in [5.41, 5.74) is 6.87. The molecule has 0 aliphatic carbocycles. The minimum Gasteiger partial charge on any atom is -0.324 e. The number of carbonyl (C=O) groups excluding carboxylic acids is 1. The van der Waals surface area contributed by atoms with Gasteiger partial charge in [-0.25, -0.2) is 0 Å². The predicted molar refractivity (Wildman–Crippen MR) is 48.9 cm³/mol. The van der Waals surface area contributed by atoms with Crippen LogP contribution in [0.25, 0.3) is 0 Å². The summed E-state index contributed by atoms with van der Waals surface area (Å²) in [5, 5.41) is 0. The Hall–Kier alpha value is -0.540. The molecule has 0 saturated carbocycles. The van der Waals surface area contributed by atoms with Crippen molar-refractivity contribution in [1.29, 1.82) is 0 Å². The Kier molecular flexibility index (Phi) is 2.75. The maximum Gasteiger partial charge on any atom is 0.227 e. The lowest BCUT2D eigenvalue weighted by atomic mass is 10.1. The Balaban J connectivity index is 0.000000720. The van der Waals surface area contributed by atoms with Crippen molar-refractivity contribution >= 4 is 18.3 Å². The Morgan fingerprint density at radius 2 is 2.25 bits per heavy atom. The van der Waals surface area contributed by atoms with Gasteiger partial charge in [-0.05, 0) is 18.9 Å². The van der Waals surface area contributed by atoms with Crippen LogP contribution < -0.4 is 5.73 Å². The second kappa shape index (κ2) is 3.46. The third-order valence-electron chi connectivity index (χ3n) is 2.34. The molecule has 2 N–H and O–H groups in total. The van der Waals surface area contributed by atoms with Crippen LogP contribution in [0.4, 0.5) is 0 Å². The van der Waals surface area contributed by atoms with Gasteiger partial charge >= 0.3 is 0 Å². The maximum atomic E-state index is 11.2. The number of amides is 1. The first-order valence-corrected chi connectivity index (χ1v) is 4.04. The van der Waals surface area contributed by atoms with Crippen molar-refractivity contribution in [1.82, 2.24) is 4.90 Å². The minimum absolute atomic E-state index is 0. The first kappa shape index (κ1) is 9.55. The second-order valence-corrected chi connectivity index (χ2v) is 3.16. The zero-order chi connectivity index (χ0) is 7.84. The van der Waals surface area contributed by atoms with Crippen LogP contribution in [-0.4, -0.2) is 23.4 Å². The summed E-state index contributed by atoms with van der Waals surface area (Å²) in [7, 11) is 0. The van der Waals surface area contributed by atoms with Gasteiger partial charge in [-0.1, -0.05) is 0 Å². The largest absolute Gasteiger partial charge is 0.324 e. The highest BCUT2D eigenvalue weighted by atomic mass is 35.5. The molecule has 2 heterocycles. The van der Waals surface area contributed by atoms with E-state index < -0.39 is 0 Å².